The number of nitrogens with zero attached hydrogens (tertiary/aromatic N) is 2. The first-order chi connectivity index (χ1) is 16.1. The third-order valence-electron chi connectivity index (χ3n) is 5.58. The van der Waals surface area contributed by atoms with Crippen molar-refractivity contribution in [3.63, 3.8) is 0 Å². The van der Waals surface area contributed by atoms with E-state index in [-0.39, 0.29) is 18.4 Å². The molecule has 3 heterocycles. The number of rotatable bonds is 7. The molecular weight excluding hydrogens is 474 g/mol. The molecule has 33 heavy (non-hydrogen) atoms. The number of fused-ring (bicyclic) bond motifs is 1. The number of carbonyl (C=O) groups excluding carboxylic acids is 1. The van der Waals surface area contributed by atoms with Crippen molar-refractivity contribution in [2.24, 2.45) is 0 Å². The molecule has 0 aliphatic heterocycles. The van der Waals surface area contributed by atoms with Crippen LogP contribution in [0.25, 0.3) is 21.6 Å². The maximum Gasteiger partial charge on any atom is 0.240 e. The Balaban J connectivity index is 1.41. The Morgan fingerprint density at radius 1 is 1.12 bits per heavy atom. The van der Waals surface area contributed by atoms with Crippen LogP contribution in [0.5, 0.6) is 0 Å². The summed E-state index contributed by atoms with van der Waals surface area (Å²) in [5.41, 5.74) is 3.09. The van der Waals surface area contributed by atoms with Crippen LogP contribution < -0.4 is 5.32 Å². The normalized spacial score (nSPS) is 12.2. The maximum absolute atomic E-state index is 13.0. The number of aromatic nitrogens is 4. The Bertz CT molecular complexity index is 1470. The molecule has 2 aromatic carbocycles. The van der Waals surface area contributed by atoms with Crippen molar-refractivity contribution in [3.05, 3.63) is 93.2 Å². The van der Waals surface area contributed by atoms with Gasteiger partial charge in [0.05, 0.1) is 4.88 Å². The number of amides is 1. The molecule has 1 unspecified atom stereocenters. The standard InChI is InChI=1S/C24H20ClN5OS2/c25-19-8-3-1-6-15(19)17(18-12-26-20-9-4-2-7-16(18)20)13-27-22(31)14-30-23(28-29-24(30)32)21-10-5-11-33-21/h1-12,17,26H,13-14H2,(H,27,31)(H,29,32). The van der Waals surface area contributed by atoms with Crippen molar-refractivity contribution in [1.82, 2.24) is 25.1 Å². The summed E-state index contributed by atoms with van der Waals surface area (Å²) in [5, 5.41) is 13.9. The second-order valence-corrected chi connectivity index (χ2v) is 9.33. The van der Waals surface area contributed by atoms with Gasteiger partial charge >= 0.3 is 0 Å². The molecule has 0 aliphatic rings. The monoisotopic (exact) mass is 493 g/mol. The molecule has 0 bridgehead atoms. The number of aromatic amines is 2. The maximum atomic E-state index is 13.0. The van der Waals surface area contributed by atoms with E-state index >= 15 is 0 Å². The molecule has 0 saturated carbocycles. The van der Waals surface area contributed by atoms with E-state index in [1.54, 1.807) is 15.9 Å². The van der Waals surface area contributed by atoms with E-state index in [9.17, 15) is 4.79 Å². The zero-order chi connectivity index (χ0) is 22.8. The van der Waals surface area contributed by atoms with Gasteiger partial charge in [-0.15, -0.1) is 11.3 Å². The van der Waals surface area contributed by atoms with Crippen molar-refractivity contribution >= 4 is 52.0 Å². The minimum Gasteiger partial charge on any atom is -0.361 e. The number of hydrogen-bond acceptors (Lipinski definition) is 4. The Hall–Kier alpha value is -3.20. The van der Waals surface area contributed by atoms with Crippen molar-refractivity contribution in [1.29, 1.82) is 0 Å². The van der Waals surface area contributed by atoms with E-state index in [1.807, 2.05) is 66.2 Å². The number of para-hydroxylation sites is 1. The minimum atomic E-state index is -0.151. The Labute approximate surface area is 204 Å². The number of benzene rings is 2. The molecule has 3 aromatic heterocycles. The molecule has 1 atom stereocenters. The second kappa shape index (κ2) is 9.35. The number of carbonyl (C=O) groups is 1. The van der Waals surface area contributed by atoms with Crippen LogP contribution >= 0.6 is 35.2 Å². The van der Waals surface area contributed by atoms with E-state index in [1.165, 1.54) is 0 Å². The molecule has 0 spiro atoms. The van der Waals surface area contributed by atoms with E-state index in [2.05, 4.69) is 26.6 Å². The van der Waals surface area contributed by atoms with Gasteiger partial charge in [0.2, 0.25) is 5.91 Å². The van der Waals surface area contributed by atoms with Crippen LogP contribution in [0.15, 0.2) is 72.2 Å². The second-order valence-electron chi connectivity index (χ2n) is 7.58. The highest BCUT2D eigenvalue weighted by Crippen LogP contribution is 2.34. The van der Waals surface area contributed by atoms with Crippen LogP contribution in [0.2, 0.25) is 5.02 Å². The average molecular weight is 494 g/mol. The zero-order valence-corrected chi connectivity index (χ0v) is 19.8. The first kappa shape index (κ1) is 21.6. The van der Waals surface area contributed by atoms with Gasteiger partial charge in [0.1, 0.15) is 6.54 Å². The molecule has 0 aliphatic carbocycles. The van der Waals surface area contributed by atoms with E-state index in [0.717, 1.165) is 26.9 Å². The molecule has 166 valence electrons. The highest BCUT2D eigenvalue weighted by atomic mass is 35.5. The van der Waals surface area contributed by atoms with Gasteiger partial charge in [-0.1, -0.05) is 54.1 Å². The summed E-state index contributed by atoms with van der Waals surface area (Å²) in [6.07, 6.45) is 1.99. The van der Waals surface area contributed by atoms with Crippen molar-refractivity contribution in [2.45, 2.75) is 12.5 Å². The fraction of sp³-hybridized carbons (Fsp3) is 0.125. The van der Waals surface area contributed by atoms with Gasteiger partial charge in [0.25, 0.3) is 0 Å². The van der Waals surface area contributed by atoms with Crippen molar-refractivity contribution in [2.75, 3.05) is 6.54 Å². The molecule has 3 N–H and O–H groups in total. The molecule has 0 radical (unpaired) electrons. The Kier molecular flexibility index (Phi) is 6.13. The highest BCUT2D eigenvalue weighted by molar-refractivity contribution is 7.71. The fourth-order valence-electron chi connectivity index (χ4n) is 4.00. The van der Waals surface area contributed by atoms with E-state index in [4.69, 9.17) is 23.8 Å². The van der Waals surface area contributed by atoms with Crippen LogP contribution in [0, 0.1) is 4.77 Å². The summed E-state index contributed by atoms with van der Waals surface area (Å²) in [4.78, 5) is 17.3. The smallest absolute Gasteiger partial charge is 0.240 e. The molecule has 0 saturated heterocycles. The van der Waals surface area contributed by atoms with Gasteiger partial charge in [-0.05, 0) is 46.9 Å². The van der Waals surface area contributed by atoms with Gasteiger partial charge in [-0.25, -0.2) is 0 Å². The number of H-pyrrole nitrogens is 2. The van der Waals surface area contributed by atoms with Crippen LogP contribution in [0.3, 0.4) is 0 Å². The lowest BCUT2D eigenvalue weighted by Crippen LogP contribution is -2.32. The van der Waals surface area contributed by atoms with Crippen molar-refractivity contribution < 1.29 is 4.79 Å². The predicted octanol–water partition coefficient (Wildman–Crippen LogP) is 5.75. The summed E-state index contributed by atoms with van der Waals surface area (Å²) in [7, 11) is 0. The largest absolute Gasteiger partial charge is 0.361 e. The highest BCUT2D eigenvalue weighted by Gasteiger charge is 2.22. The summed E-state index contributed by atoms with van der Waals surface area (Å²) >= 11 is 13.5. The summed E-state index contributed by atoms with van der Waals surface area (Å²) in [5.74, 6) is 0.388. The van der Waals surface area contributed by atoms with Crippen LogP contribution in [-0.2, 0) is 11.3 Å². The lowest BCUT2D eigenvalue weighted by molar-refractivity contribution is -0.121. The van der Waals surface area contributed by atoms with Crippen LogP contribution in [-0.4, -0.2) is 32.2 Å². The molecule has 9 heteroatoms. The first-order valence-electron chi connectivity index (χ1n) is 10.4. The number of halogens is 1. The predicted molar refractivity (Wildman–Crippen MR) is 135 cm³/mol. The molecule has 5 aromatic rings. The van der Waals surface area contributed by atoms with Gasteiger partial charge < -0.3 is 10.3 Å². The Morgan fingerprint density at radius 3 is 2.76 bits per heavy atom. The lowest BCUT2D eigenvalue weighted by Gasteiger charge is -2.19. The summed E-state index contributed by atoms with van der Waals surface area (Å²) in [6, 6.07) is 19.8. The molecule has 5 rings (SSSR count). The molecular formula is C24H20ClN5OS2. The minimum absolute atomic E-state index is 0.0751. The number of thiophene rings is 1. The van der Waals surface area contributed by atoms with E-state index in [0.29, 0.717) is 22.2 Å². The topological polar surface area (TPSA) is 78.5 Å². The third kappa shape index (κ3) is 4.37. The van der Waals surface area contributed by atoms with E-state index < -0.39 is 0 Å². The number of nitrogens with one attached hydrogen (secondary N) is 3. The number of hydrogen-bond donors (Lipinski definition) is 3. The molecule has 1 amide bonds. The van der Waals surface area contributed by atoms with Crippen molar-refractivity contribution in [3.8, 4) is 10.7 Å². The van der Waals surface area contributed by atoms with Gasteiger partial charge in [0, 0.05) is 34.6 Å². The summed E-state index contributed by atoms with van der Waals surface area (Å²) in [6.45, 7) is 0.468. The summed E-state index contributed by atoms with van der Waals surface area (Å²) < 4.78 is 2.13. The van der Waals surface area contributed by atoms with Crippen LogP contribution in [0.4, 0.5) is 0 Å². The lowest BCUT2D eigenvalue weighted by atomic mass is 9.90. The Morgan fingerprint density at radius 2 is 1.94 bits per heavy atom. The fourth-order valence-corrected chi connectivity index (χ4v) is 5.19. The van der Waals surface area contributed by atoms with Gasteiger partial charge in [-0.2, -0.15) is 5.10 Å². The van der Waals surface area contributed by atoms with Gasteiger partial charge in [-0.3, -0.25) is 14.5 Å². The third-order valence-corrected chi connectivity index (χ3v) is 7.10. The molecule has 0 fully saturated rings. The zero-order valence-electron chi connectivity index (χ0n) is 17.4. The SMILES string of the molecule is O=C(Cn1c(-c2cccs2)n[nH]c1=S)NCC(c1ccccc1Cl)c1c[nH]c2ccccc12. The average Bonchev–Trinajstić information content (AvgIpc) is 3.57. The van der Waals surface area contributed by atoms with Crippen LogP contribution in [0.1, 0.15) is 17.0 Å². The van der Waals surface area contributed by atoms with Gasteiger partial charge in [0.15, 0.2) is 10.6 Å². The quantitative estimate of drug-likeness (QED) is 0.252. The first-order valence-corrected chi connectivity index (χ1v) is 12.0. The molecule has 6 nitrogen and oxygen atoms in total.